The summed E-state index contributed by atoms with van der Waals surface area (Å²) >= 11 is 4.44. The fraction of sp³-hybridized carbons (Fsp3) is 0.250. The number of alkyl halides is 2. The summed E-state index contributed by atoms with van der Waals surface area (Å²) in [5.74, 6) is 0.0382. The van der Waals surface area contributed by atoms with Crippen molar-refractivity contribution in [2.45, 2.75) is 12.7 Å². The molecule has 2 rings (SSSR count). The molecule has 1 unspecified atom stereocenters. The molecule has 0 aliphatic rings. The van der Waals surface area contributed by atoms with Gasteiger partial charge < -0.3 is 14.6 Å². The fourth-order valence-corrected chi connectivity index (χ4v) is 2.86. The lowest BCUT2D eigenvalue weighted by atomic mass is 10.1. The molecule has 1 aromatic heterocycles. The van der Waals surface area contributed by atoms with Crippen LogP contribution in [-0.2, 0) is 0 Å². The summed E-state index contributed by atoms with van der Waals surface area (Å²) in [6.07, 6.45) is -1.02. The molecular weight excluding hydrogens is 356 g/mol. The van der Waals surface area contributed by atoms with E-state index in [1.165, 1.54) is 30.6 Å². The van der Waals surface area contributed by atoms with Crippen LogP contribution in [0.15, 0.2) is 28.2 Å². The van der Waals surface area contributed by atoms with E-state index in [2.05, 4.69) is 25.7 Å². The van der Waals surface area contributed by atoms with Gasteiger partial charge in [0.05, 0.1) is 7.11 Å². The Morgan fingerprint density at radius 3 is 2.65 bits per heavy atom. The van der Waals surface area contributed by atoms with Crippen molar-refractivity contribution >= 4 is 27.3 Å². The minimum Gasteiger partial charge on any atom is -0.493 e. The average molecular weight is 366 g/mol. The SMILES string of the molecule is COc1ccc(C(O)c2nc(Br)cs2)cc1OC(F)F. The molecular formula is C12H10BrF2NO3S. The van der Waals surface area contributed by atoms with Crippen LogP contribution >= 0.6 is 27.3 Å². The van der Waals surface area contributed by atoms with Gasteiger partial charge in [0.1, 0.15) is 15.7 Å². The third kappa shape index (κ3) is 3.44. The van der Waals surface area contributed by atoms with E-state index in [-0.39, 0.29) is 11.5 Å². The molecule has 0 bridgehead atoms. The molecule has 1 atom stereocenters. The Bertz CT molecular complexity index is 594. The van der Waals surface area contributed by atoms with Crippen molar-refractivity contribution in [3.63, 3.8) is 0 Å². The maximum absolute atomic E-state index is 12.3. The summed E-state index contributed by atoms with van der Waals surface area (Å²) in [5.41, 5.74) is 0.392. The molecule has 20 heavy (non-hydrogen) atoms. The predicted octanol–water partition coefficient (Wildman–Crippen LogP) is 3.60. The molecule has 0 fully saturated rings. The van der Waals surface area contributed by atoms with E-state index in [9.17, 15) is 13.9 Å². The van der Waals surface area contributed by atoms with Crippen molar-refractivity contribution in [3.8, 4) is 11.5 Å². The van der Waals surface area contributed by atoms with Crippen LogP contribution in [0.2, 0.25) is 0 Å². The molecule has 108 valence electrons. The highest BCUT2D eigenvalue weighted by molar-refractivity contribution is 9.10. The van der Waals surface area contributed by atoms with Gasteiger partial charge in [-0.3, -0.25) is 0 Å². The Morgan fingerprint density at radius 1 is 1.35 bits per heavy atom. The molecule has 0 aliphatic carbocycles. The van der Waals surface area contributed by atoms with Crippen molar-refractivity contribution in [2.75, 3.05) is 7.11 Å². The highest BCUT2D eigenvalue weighted by atomic mass is 79.9. The molecule has 0 amide bonds. The predicted molar refractivity (Wildman–Crippen MR) is 73.5 cm³/mol. The van der Waals surface area contributed by atoms with Gasteiger partial charge in [-0.15, -0.1) is 11.3 Å². The molecule has 0 saturated heterocycles. The quantitative estimate of drug-likeness (QED) is 0.879. The third-order valence-corrected chi connectivity index (χ3v) is 4.05. The number of hydrogen-bond acceptors (Lipinski definition) is 5. The second-order valence-corrected chi connectivity index (χ2v) is 5.40. The molecule has 4 nitrogen and oxygen atoms in total. The van der Waals surface area contributed by atoms with Gasteiger partial charge >= 0.3 is 6.61 Å². The molecule has 0 saturated carbocycles. The fourth-order valence-electron chi connectivity index (χ4n) is 1.59. The van der Waals surface area contributed by atoms with Gasteiger partial charge in [0.25, 0.3) is 0 Å². The van der Waals surface area contributed by atoms with Gasteiger partial charge in [-0.25, -0.2) is 4.98 Å². The van der Waals surface area contributed by atoms with Crippen LogP contribution in [0.4, 0.5) is 8.78 Å². The minimum absolute atomic E-state index is 0.130. The van der Waals surface area contributed by atoms with Crippen LogP contribution in [0.25, 0.3) is 0 Å². The molecule has 8 heteroatoms. The normalized spacial score (nSPS) is 12.5. The Kier molecular flexibility index (Phi) is 4.90. The number of ether oxygens (including phenoxy) is 2. The van der Waals surface area contributed by atoms with Gasteiger partial charge in [-0.05, 0) is 33.6 Å². The first kappa shape index (κ1) is 15.1. The number of nitrogens with zero attached hydrogens (tertiary/aromatic N) is 1. The zero-order valence-electron chi connectivity index (χ0n) is 10.2. The summed E-state index contributed by atoms with van der Waals surface area (Å²) in [5, 5.41) is 12.3. The highest BCUT2D eigenvalue weighted by Crippen LogP contribution is 2.34. The molecule has 0 aliphatic heterocycles. The largest absolute Gasteiger partial charge is 0.493 e. The summed E-state index contributed by atoms with van der Waals surface area (Å²) in [6, 6.07) is 4.33. The second kappa shape index (κ2) is 6.47. The van der Waals surface area contributed by atoms with Gasteiger partial charge in [0, 0.05) is 5.38 Å². The standard InChI is InChI=1S/C12H10BrF2NO3S/c1-18-7-3-2-6(4-8(7)19-12(14)15)10(17)11-16-9(13)5-20-11/h2-5,10,12,17H,1H3. The summed E-state index contributed by atoms with van der Waals surface area (Å²) < 4.78 is 34.6. The Labute approximate surface area is 126 Å². The Morgan fingerprint density at radius 2 is 2.10 bits per heavy atom. The topological polar surface area (TPSA) is 51.6 Å². The van der Waals surface area contributed by atoms with Crippen molar-refractivity contribution in [3.05, 3.63) is 38.8 Å². The highest BCUT2D eigenvalue weighted by Gasteiger charge is 2.18. The molecule has 1 N–H and O–H groups in total. The van der Waals surface area contributed by atoms with Crippen molar-refractivity contribution < 1.29 is 23.4 Å². The zero-order chi connectivity index (χ0) is 14.7. The van der Waals surface area contributed by atoms with Gasteiger partial charge in [0.15, 0.2) is 11.5 Å². The summed E-state index contributed by atoms with van der Waals surface area (Å²) in [6.45, 7) is -2.97. The summed E-state index contributed by atoms with van der Waals surface area (Å²) in [7, 11) is 1.35. The van der Waals surface area contributed by atoms with E-state index in [0.29, 0.717) is 15.2 Å². The monoisotopic (exact) mass is 365 g/mol. The van der Waals surface area contributed by atoms with E-state index in [0.717, 1.165) is 0 Å². The number of aromatic nitrogens is 1. The van der Waals surface area contributed by atoms with Crippen LogP contribution in [0.3, 0.4) is 0 Å². The number of aliphatic hydroxyl groups is 1. The zero-order valence-corrected chi connectivity index (χ0v) is 12.6. The lowest BCUT2D eigenvalue weighted by Crippen LogP contribution is -2.05. The van der Waals surface area contributed by atoms with Crippen LogP contribution in [0, 0.1) is 0 Å². The van der Waals surface area contributed by atoms with Crippen molar-refractivity contribution in [1.82, 2.24) is 4.98 Å². The maximum Gasteiger partial charge on any atom is 0.387 e. The minimum atomic E-state index is -2.97. The Balaban J connectivity index is 2.32. The average Bonchev–Trinajstić information content (AvgIpc) is 2.84. The lowest BCUT2D eigenvalue weighted by Gasteiger charge is -2.13. The number of hydrogen-bond donors (Lipinski definition) is 1. The summed E-state index contributed by atoms with van der Waals surface area (Å²) in [4.78, 5) is 4.09. The second-order valence-electron chi connectivity index (χ2n) is 3.70. The first-order valence-corrected chi connectivity index (χ1v) is 7.10. The van der Waals surface area contributed by atoms with Crippen LogP contribution in [0.1, 0.15) is 16.7 Å². The van der Waals surface area contributed by atoms with E-state index in [1.807, 2.05) is 0 Å². The number of halogens is 3. The van der Waals surface area contributed by atoms with E-state index < -0.39 is 12.7 Å². The molecule has 1 heterocycles. The Hall–Kier alpha value is -1.25. The van der Waals surface area contributed by atoms with Crippen LogP contribution in [0.5, 0.6) is 11.5 Å². The number of thiazole rings is 1. The van der Waals surface area contributed by atoms with Crippen LogP contribution < -0.4 is 9.47 Å². The van der Waals surface area contributed by atoms with Gasteiger partial charge in [-0.1, -0.05) is 6.07 Å². The number of benzene rings is 1. The van der Waals surface area contributed by atoms with Crippen molar-refractivity contribution in [2.24, 2.45) is 0 Å². The number of methoxy groups -OCH3 is 1. The first-order chi connectivity index (χ1) is 9.51. The molecule has 0 radical (unpaired) electrons. The number of rotatable bonds is 5. The van der Waals surface area contributed by atoms with Crippen LogP contribution in [-0.4, -0.2) is 23.8 Å². The van der Waals surface area contributed by atoms with Crippen molar-refractivity contribution in [1.29, 1.82) is 0 Å². The third-order valence-electron chi connectivity index (χ3n) is 2.45. The van der Waals surface area contributed by atoms with Gasteiger partial charge in [-0.2, -0.15) is 8.78 Å². The maximum atomic E-state index is 12.3. The molecule has 0 spiro atoms. The first-order valence-electron chi connectivity index (χ1n) is 5.43. The van der Waals surface area contributed by atoms with E-state index >= 15 is 0 Å². The van der Waals surface area contributed by atoms with E-state index in [1.54, 1.807) is 11.4 Å². The lowest BCUT2D eigenvalue weighted by molar-refractivity contribution is -0.0513. The van der Waals surface area contributed by atoms with E-state index in [4.69, 9.17) is 4.74 Å². The molecule has 2 aromatic rings. The number of aliphatic hydroxyl groups excluding tert-OH is 1. The molecule has 1 aromatic carbocycles. The van der Waals surface area contributed by atoms with Gasteiger partial charge in [0.2, 0.25) is 0 Å². The smallest absolute Gasteiger partial charge is 0.387 e.